The Balaban J connectivity index is 2.02. The number of carbonyl (C=O) groups excluding carboxylic acids is 1. The van der Waals surface area contributed by atoms with Crippen LogP contribution in [0.5, 0.6) is 0 Å². The predicted molar refractivity (Wildman–Crippen MR) is 80.2 cm³/mol. The van der Waals surface area contributed by atoms with E-state index in [2.05, 4.69) is 17.2 Å². The van der Waals surface area contributed by atoms with Gasteiger partial charge in [-0.15, -0.1) is 11.3 Å². The zero-order valence-corrected chi connectivity index (χ0v) is 13.1. The first-order chi connectivity index (χ1) is 9.82. The molecule has 0 bridgehead atoms. The maximum Gasteiger partial charge on any atom is 0.355 e. The number of carboxylic acids is 1. The van der Waals surface area contributed by atoms with Crippen molar-refractivity contribution in [3.63, 3.8) is 0 Å². The van der Waals surface area contributed by atoms with Crippen molar-refractivity contribution in [3.8, 4) is 0 Å². The van der Waals surface area contributed by atoms with E-state index < -0.39 is 11.5 Å². The second kappa shape index (κ2) is 6.11. The molecule has 2 rings (SSSR count). The van der Waals surface area contributed by atoms with Crippen molar-refractivity contribution in [2.45, 2.75) is 51.1 Å². The van der Waals surface area contributed by atoms with Crippen LogP contribution in [-0.4, -0.2) is 27.5 Å². The maximum atomic E-state index is 12.4. The van der Waals surface area contributed by atoms with E-state index in [9.17, 15) is 9.59 Å². The highest BCUT2D eigenvalue weighted by Crippen LogP contribution is 2.31. The Morgan fingerprint density at radius 2 is 2.33 bits per heavy atom. The second-order valence-corrected chi connectivity index (χ2v) is 6.82. The molecule has 1 aromatic heterocycles. The minimum atomic E-state index is -1.06. The summed E-state index contributed by atoms with van der Waals surface area (Å²) in [7, 11) is 0. The third-order valence-electron chi connectivity index (χ3n) is 3.94. The lowest BCUT2D eigenvalue weighted by Gasteiger charge is -2.36. The van der Waals surface area contributed by atoms with Crippen molar-refractivity contribution < 1.29 is 14.7 Å². The van der Waals surface area contributed by atoms with Crippen LogP contribution in [0.2, 0.25) is 0 Å². The molecule has 4 N–H and O–H groups in total. The molecule has 7 heteroatoms. The SMILES string of the molecule is CC1CCCC(N)(C(=O)NC(C)c2nc(C(=O)O)cs2)C1. The lowest BCUT2D eigenvalue weighted by Crippen LogP contribution is -2.56. The van der Waals surface area contributed by atoms with Crippen molar-refractivity contribution >= 4 is 23.2 Å². The first-order valence-corrected chi connectivity index (χ1v) is 7.98. The Kier molecular flexibility index (Phi) is 4.63. The van der Waals surface area contributed by atoms with Crippen molar-refractivity contribution in [2.75, 3.05) is 0 Å². The predicted octanol–water partition coefficient (Wildman–Crippen LogP) is 1.93. The summed E-state index contributed by atoms with van der Waals surface area (Å²) in [5, 5.41) is 13.8. The summed E-state index contributed by atoms with van der Waals surface area (Å²) in [6.07, 6.45) is 3.44. The maximum absolute atomic E-state index is 12.4. The fourth-order valence-electron chi connectivity index (χ4n) is 2.78. The molecule has 6 nitrogen and oxygen atoms in total. The minimum absolute atomic E-state index is 0.00449. The molecule has 3 unspecified atom stereocenters. The molecule has 0 saturated heterocycles. The Morgan fingerprint density at radius 1 is 1.62 bits per heavy atom. The van der Waals surface area contributed by atoms with Gasteiger partial charge in [-0.3, -0.25) is 4.79 Å². The van der Waals surface area contributed by atoms with Crippen LogP contribution in [0, 0.1) is 5.92 Å². The van der Waals surface area contributed by atoms with Gasteiger partial charge in [-0.2, -0.15) is 0 Å². The molecule has 0 aromatic carbocycles. The lowest BCUT2D eigenvalue weighted by molar-refractivity contribution is -0.128. The molecule has 116 valence electrons. The third-order valence-corrected chi connectivity index (χ3v) is 4.97. The molecule has 0 spiro atoms. The van der Waals surface area contributed by atoms with E-state index in [4.69, 9.17) is 10.8 Å². The molecule has 1 saturated carbocycles. The van der Waals surface area contributed by atoms with Crippen molar-refractivity contribution in [2.24, 2.45) is 11.7 Å². The summed E-state index contributed by atoms with van der Waals surface area (Å²) in [5.74, 6) is -0.788. The quantitative estimate of drug-likeness (QED) is 0.788. The molecule has 0 radical (unpaired) electrons. The molecule has 1 amide bonds. The standard InChI is InChI=1S/C14H21N3O3S/c1-8-4-3-5-14(15,6-8)13(20)16-9(2)11-17-10(7-21-11)12(18)19/h7-9H,3-6,15H2,1-2H3,(H,16,20)(H,18,19). The van der Waals surface area contributed by atoms with Gasteiger partial charge in [-0.05, 0) is 25.7 Å². The molecular formula is C14H21N3O3S. The fourth-order valence-corrected chi connectivity index (χ4v) is 3.58. The van der Waals surface area contributed by atoms with Crippen LogP contribution in [0.25, 0.3) is 0 Å². The number of rotatable bonds is 4. The average Bonchev–Trinajstić information content (AvgIpc) is 2.88. The Labute approximate surface area is 127 Å². The Hall–Kier alpha value is -1.47. The summed E-state index contributed by atoms with van der Waals surface area (Å²) < 4.78 is 0. The number of carboxylic acid groups (broad SMARTS) is 1. The topological polar surface area (TPSA) is 105 Å². The van der Waals surface area contributed by atoms with E-state index in [0.717, 1.165) is 12.8 Å². The van der Waals surface area contributed by atoms with E-state index in [1.54, 1.807) is 6.92 Å². The largest absolute Gasteiger partial charge is 0.476 e. The summed E-state index contributed by atoms with van der Waals surface area (Å²) >= 11 is 1.23. The minimum Gasteiger partial charge on any atom is -0.476 e. The number of hydrogen-bond donors (Lipinski definition) is 3. The van der Waals surface area contributed by atoms with Crippen LogP contribution in [0.3, 0.4) is 0 Å². The highest BCUT2D eigenvalue weighted by molar-refractivity contribution is 7.09. The molecular weight excluding hydrogens is 290 g/mol. The summed E-state index contributed by atoms with van der Waals surface area (Å²) in [5.41, 5.74) is 5.43. The highest BCUT2D eigenvalue weighted by atomic mass is 32.1. The van der Waals surface area contributed by atoms with Crippen LogP contribution in [0.15, 0.2) is 5.38 Å². The summed E-state index contributed by atoms with van der Waals surface area (Å²) in [6.45, 7) is 3.90. The number of nitrogens with one attached hydrogen (secondary N) is 1. The number of nitrogens with zero attached hydrogens (tertiary/aromatic N) is 1. The van der Waals surface area contributed by atoms with Gasteiger partial charge >= 0.3 is 5.97 Å². The van der Waals surface area contributed by atoms with Gasteiger partial charge in [0.1, 0.15) is 5.01 Å². The Morgan fingerprint density at radius 3 is 2.90 bits per heavy atom. The number of hydrogen-bond acceptors (Lipinski definition) is 5. The van der Waals surface area contributed by atoms with Crippen molar-refractivity contribution in [1.29, 1.82) is 0 Å². The first-order valence-electron chi connectivity index (χ1n) is 7.10. The second-order valence-electron chi connectivity index (χ2n) is 5.93. The summed E-state index contributed by atoms with van der Waals surface area (Å²) in [6, 6.07) is -0.340. The van der Waals surface area contributed by atoms with Crippen molar-refractivity contribution in [1.82, 2.24) is 10.3 Å². The molecule has 21 heavy (non-hydrogen) atoms. The smallest absolute Gasteiger partial charge is 0.355 e. The van der Waals surface area contributed by atoms with Gasteiger partial charge in [-0.25, -0.2) is 9.78 Å². The number of aromatic nitrogens is 1. The van der Waals surface area contributed by atoms with Gasteiger partial charge in [0.2, 0.25) is 5.91 Å². The molecule has 1 aliphatic carbocycles. The van der Waals surface area contributed by atoms with Crippen LogP contribution >= 0.6 is 11.3 Å². The molecule has 0 aliphatic heterocycles. The van der Waals surface area contributed by atoms with Gasteiger partial charge in [0.25, 0.3) is 0 Å². The molecule has 1 heterocycles. The van der Waals surface area contributed by atoms with E-state index in [1.807, 2.05) is 0 Å². The average molecular weight is 311 g/mol. The Bertz CT molecular complexity index is 545. The first kappa shape index (κ1) is 15.9. The van der Waals surface area contributed by atoms with Gasteiger partial charge in [-0.1, -0.05) is 19.8 Å². The van der Waals surface area contributed by atoms with E-state index in [0.29, 0.717) is 23.8 Å². The monoisotopic (exact) mass is 311 g/mol. The van der Waals surface area contributed by atoms with Crippen LogP contribution in [0.4, 0.5) is 0 Å². The molecule has 1 aliphatic rings. The fraction of sp³-hybridized carbons (Fsp3) is 0.643. The number of amides is 1. The summed E-state index contributed by atoms with van der Waals surface area (Å²) in [4.78, 5) is 27.3. The lowest BCUT2D eigenvalue weighted by atomic mass is 9.76. The zero-order valence-electron chi connectivity index (χ0n) is 12.3. The van der Waals surface area contributed by atoms with E-state index >= 15 is 0 Å². The van der Waals surface area contributed by atoms with Crippen LogP contribution in [0.1, 0.15) is 61.1 Å². The molecule has 1 fully saturated rings. The normalized spacial score (nSPS) is 27.1. The zero-order chi connectivity index (χ0) is 15.6. The number of thiazole rings is 1. The van der Waals surface area contributed by atoms with E-state index in [1.165, 1.54) is 16.7 Å². The van der Waals surface area contributed by atoms with Gasteiger partial charge in [0.05, 0.1) is 11.6 Å². The van der Waals surface area contributed by atoms with Gasteiger partial charge in [0, 0.05) is 5.38 Å². The van der Waals surface area contributed by atoms with Crippen molar-refractivity contribution in [3.05, 3.63) is 16.1 Å². The number of nitrogens with two attached hydrogens (primary N) is 1. The van der Waals surface area contributed by atoms with Crippen LogP contribution in [-0.2, 0) is 4.79 Å². The third kappa shape index (κ3) is 3.59. The van der Waals surface area contributed by atoms with Gasteiger partial charge < -0.3 is 16.2 Å². The van der Waals surface area contributed by atoms with Gasteiger partial charge in [0.15, 0.2) is 5.69 Å². The number of carbonyl (C=O) groups is 2. The number of aromatic carboxylic acids is 1. The molecule has 3 atom stereocenters. The van der Waals surface area contributed by atoms with Crippen LogP contribution < -0.4 is 11.1 Å². The highest BCUT2D eigenvalue weighted by Gasteiger charge is 2.38. The van der Waals surface area contributed by atoms with E-state index in [-0.39, 0.29) is 17.6 Å². The molecule has 1 aromatic rings.